The summed E-state index contributed by atoms with van der Waals surface area (Å²) in [5.41, 5.74) is -0.00822. The predicted molar refractivity (Wildman–Crippen MR) is 96.1 cm³/mol. The second-order valence-electron chi connectivity index (χ2n) is 5.54. The first-order valence-corrected chi connectivity index (χ1v) is 8.20. The summed E-state index contributed by atoms with van der Waals surface area (Å²) in [6.07, 6.45) is -0.0706. The molecule has 0 spiro atoms. The number of para-hydroxylation sites is 1. The minimum absolute atomic E-state index is 0. The monoisotopic (exact) mass is 398 g/mol. The van der Waals surface area contributed by atoms with Gasteiger partial charge in [-0.2, -0.15) is 0 Å². The molecule has 0 amide bonds. The van der Waals surface area contributed by atoms with Crippen molar-refractivity contribution in [1.82, 2.24) is 9.55 Å². The number of halogens is 2. The number of aromatic amines is 1. The van der Waals surface area contributed by atoms with E-state index in [1.54, 1.807) is 49.4 Å². The Morgan fingerprint density at radius 2 is 1.62 bits per heavy atom. The molecule has 0 aliphatic carbocycles. The van der Waals surface area contributed by atoms with Gasteiger partial charge in [0.2, 0.25) is 0 Å². The molecular formula is C18H13Cl2N2NaO3. The molecule has 0 aliphatic heterocycles. The second kappa shape index (κ2) is 8.46. The Kier molecular flexibility index (Phi) is 6.77. The maximum Gasteiger partial charge on any atom is 1.00 e. The molecule has 0 bridgehead atoms. The minimum atomic E-state index is -0.779. The van der Waals surface area contributed by atoms with Crippen LogP contribution in [0.3, 0.4) is 0 Å². The average molecular weight is 399 g/mol. The number of rotatable bonds is 3. The average Bonchev–Trinajstić information content (AvgIpc) is 2.55. The van der Waals surface area contributed by atoms with Gasteiger partial charge in [0.1, 0.15) is 0 Å². The van der Waals surface area contributed by atoms with E-state index in [2.05, 4.69) is 4.98 Å². The predicted octanol–water partition coefficient (Wildman–Crippen LogP) is -0.191. The van der Waals surface area contributed by atoms with Crippen LogP contribution in [0.2, 0.25) is 10.0 Å². The van der Waals surface area contributed by atoms with Crippen molar-refractivity contribution in [3.63, 3.8) is 0 Å². The fourth-order valence-corrected chi connectivity index (χ4v) is 3.15. The summed E-state index contributed by atoms with van der Waals surface area (Å²) in [6, 6.07) is 11.8. The maximum absolute atomic E-state index is 12.8. The molecule has 1 heterocycles. The van der Waals surface area contributed by atoms with Crippen LogP contribution in [0, 0.1) is 6.92 Å². The Labute approximate surface area is 181 Å². The molecule has 1 aromatic heterocycles. The Bertz CT molecular complexity index is 1060. The number of aryl methyl sites for hydroxylation is 1. The molecule has 0 radical (unpaired) electrons. The van der Waals surface area contributed by atoms with E-state index in [4.69, 9.17) is 23.2 Å². The molecule has 0 fully saturated rings. The van der Waals surface area contributed by atoms with Crippen molar-refractivity contribution >= 4 is 23.2 Å². The van der Waals surface area contributed by atoms with E-state index < -0.39 is 17.1 Å². The van der Waals surface area contributed by atoms with Crippen molar-refractivity contribution in [3.8, 4) is 11.6 Å². The normalized spacial score (nSPS) is 10.4. The van der Waals surface area contributed by atoms with Crippen molar-refractivity contribution in [2.24, 2.45) is 0 Å². The van der Waals surface area contributed by atoms with Gasteiger partial charge in [-0.15, -0.1) is 0 Å². The molecular weight excluding hydrogens is 386 g/mol. The molecule has 1 N–H and O–H groups in total. The van der Waals surface area contributed by atoms with E-state index in [0.717, 1.165) is 10.1 Å². The summed E-state index contributed by atoms with van der Waals surface area (Å²) in [4.78, 5) is 26.6. The van der Waals surface area contributed by atoms with Crippen molar-refractivity contribution in [3.05, 3.63) is 90.0 Å². The molecule has 2 aromatic carbocycles. The zero-order valence-corrected chi connectivity index (χ0v) is 17.7. The molecule has 26 heavy (non-hydrogen) atoms. The van der Waals surface area contributed by atoms with Crippen LogP contribution in [0.1, 0.15) is 16.7 Å². The summed E-state index contributed by atoms with van der Waals surface area (Å²) in [5, 5.41) is 13.5. The quantitative estimate of drug-likeness (QED) is 0.621. The molecule has 3 aromatic rings. The molecule has 8 heteroatoms. The molecule has 5 nitrogen and oxygen atoms in total. The van der Waals surface area contributed by atoms with Gasteiger partial charge in [-0.25, -0.2) is 4.79 Å². The SMILES string of the molecule is Cc1ccccc1-n1c([O-])c(Cc2c(Cl)cccc2Cl)c(=O)[nH]c1=O.[Na+]. The summed E-state index contributed by atoms with van der Waals surface area (Å²) < 4.78 is 0.955. The number of nitrogens with one attached hydrogen (secondary N) is 1. The van der Waals surface area contributed by atoms with Crippen LogP contribution in [-0.2, 0) is 6.42 Å². The van der Waals surface area contributed by atoms with Gasteiger partial charge in [0.05, 0.1) is 5.69 Å². The van der Waals surface area contributed by atoms with Gasteiger partial charge >= 0.3 is 35.2 Å². The van der Waals surface area contributed by atoms with E-state index in [-0.39, 0.29) is 41.5 Å². The number of hydrogen-bond acceptors (Lipinski definition) is 3. The number of H-pyrrole nitrogens is 1. The molecule has 0 aliphatic rings. The first-order chi connectivity index (χ1) is 11.9. The summed E-state index contributed by atoms with van der Waals surface area (Å²) >= 11 is 12.3. The van der Waals surface area contributed by atoms with Crippen LogP contribution in [0.4, 0.5) is 0 Å². The Morgan fingerprint density at radius 1 is 1.00 bits per heavy atom. The van der Waals surface area contributed by atoms with E-state index in [1.807, 2.05) is 0 Å². The number of hydrogen-bond donors (Lipinski definition) is 1. The van der Waals surface area contributed by atoms with E-state index in [1.165, 1.54) is 0 Å². The van der Waals surface area contributed by atoms with Gasteiger partial charge < -0.3 is 5.11 Å². The standard InChI is InChI=1S/C18H14Cl2N2O3.Na/c1-10-5-2-3-8-15(10)22-17(24)12(16(23)21-18(22)25)9-11-13(19)6-4-7-14(11)20;/h2-8,24H,9H2,1H3,(H,21,23,25);/q;+1/p-1. The summed E-state index contributed by atoms with van der Waals surface area (Å²) in [5.74, 6) is -0.681. The third-order valence-corrected chi connectivity index (χ3v) is 4.64. The van der Waals surface area contributed by atoms with Gasteiger partial charge in [-0.1, -0.05) is 47.5 Å². The zero-order valence-electron chi connectivity index (χ0n) is 14.2. The van der Waals surface area contributed by atoms with Gasteiger partial charge in [0, 0.05) is 22.0 Å². The first-order valence-electron chi connectivity index (χ1n) is 7.44. The van der Waals surface area contributed by atoms with Gasteiger partial charge in [0.25, 0.3) is 5.56 Å². The van der Waals surface area contributed by atoms with Crippen molar-refractivity contribution in [1.29, 1.82) is 0 Å². The van der Waals surface area contributed by atoms with E-state index in [0.29, 0.717) is 21.3 Å². The van der Waals surface area contributed by atoms with Crippen LogP contribution in [0.5, 0.6) is 5.88 Å². The van der Waals surface area contributed by atoms with Crippen LogP contribution in [0.25, 0.3) is 5.69 Å². The topological polar surface area (TPSA) is 77.9 Å². The van der Waals surface area contributed by atoms with Gasteiger partial charge in [-0.05, 0) is 42.1 Å². The van der Waals surface area contributed by atoms with Crippen LogP contribution < -0.4 is 45.9 Å². The molecule has 0 saturated heterocycles. The minimum Gasteiger partial charge on any atom is -0.859 e. The van der Waals surface area contributed by atoms with Crippen molar-refractivity contribution < 1.29 is 34.7 Å². The maximum atomic E-state index is 12.8. The number of aromatic nitrogens is 2. The largest absolute Gasteiger partial charge is 1.00 e. The zero-order chi connectivity index (χ0) is 18.1. The Hall–Kier alpha value is -1.50. The second-order valence-corrected chi connectivity index (χ2v) is 6.36. The molecule has 128 valence electrons. The van der Waals surface area contributed by atoms with Crippen LogP contribution >= 0.6 is 23.2 Å². The van der Waals surface area contributed by atoms with Crippen molar-refractivity contribution in [2.75, 3.05) is 0 Å². The third kappa shape index (κ3) is 3.92. The Balaban J connectivity index is 0.00000243. The molecule has 3 rings (SSSR count). The van der Waals surface area contributed by atoms with Crippen molar-refractivity contribution in [2.45, 2.75) is 13.3 Å². The fourth-order valence-electron chi connectivity index (χ4n) is 2.62. The van der Waals surface area contributed by atoms with Gasteiger partial charge in [0.15, 0.2) is 0 Å². The van der Waals surface area contributed by atoms with E-state index in [9.17, 15) is 14.7 Å². The summed E-state index contributed by atoms with van der Waals surface area (Å²) in [6.45, 7) is 1.77. The summed E-state index contributed by atoms with van der Waals surface area (Å²) in [7, 11) is 0. The van der Waals surface area contributed by atoms with Gasteiger partial charge in [-0.3, -0.25) is 14.3 Å². The number of nitrogens with zero attached hydrogens (tertiary/aromatic N) is 1. The van der Waals surface area contributed by atoms with Crippen LogP contribution in [-0.4, -0.2) is 9.55 Å². The molecule has 0 atom stereocenters. The first kappa shape index (κ1) is 20.8. The van der Waals surface area contributed by atoms with Crippen LogP contribution in [0.15, 0.2) is 52.1 Å². The Morgan fingerprint density at radius 3 is 2.23 bits per heavy atom. The molecule has 0 saturated carbocycles. The smallest absolute Gasteiger partial charge is 0.859 e. The number of benzene rings is 2. The third-order valence-electron chi connectivity index (χ3n) is 3.93. The molecule has 0 unspecified atom stereocenters. The fraction of sp³-hybridized carbons (Fsp3) is 0.111. The van der Waals surface area contributed by atoms with E-state index >= 15 is 0 Å².